The van der Waals surface area contributed by atoms with Crippen LogP contribution in [0, 0.1) is 17.7 Å². The first kappa shape index (κ1) is 22.2. The second-order valence-corrected chi connectivity index (χ2v) is 12.2. The van der Waals surface area contributed by atoms with Crippen LogP contribution in [0.2, 0.25) is 0 Å². The summed E-state index contributed by atoms with van der Waals surface area (Å²) >= 11 is 0. The standard InChI is InChI=1S/C27H30FN3OS/c1-27(2,3)33(32)30-26-20-7-8-21(26)15-22-14-19(6-5-18(22)13-20)24-16-25(31(4)29-24)17-9-11-23(28)12-10-17/h5-6,9-12,14,16,20-21H,7-8,13,15H2,1-4H3/b30-26-/t20-,21+,33?/m0/s1. The van der Waals surface area contributed by atoms with E-state index in [4.69, 9.17) is 9.50 Å². The lowest BCUT2D eigenvalue weighted by Crippen LogP contribution is -2.24. The third-order valence-electron chi connectivity index (χ3n) is 6.87. The van der Waals surface area contributed by atoms with E-state index in [1.54, 1.807) is 12.1 Å². The molecule has 2 aliphatic carbocycles. The van der Waals surface area contributed by atoms with E-state index >= 15 is 0 Å². The van der Waals surface area contributed by atoms with Gasteiger partial charge in [-0.05, 0) is 99.5 Å². The number of hydrogen-bond acceptors (Lipinski definition) is 2. The van der Waals surface area contributed by atoms with Crippen molar-refractivity contribution in [3.8, 4) is 22.5 Å². The maximum Gasteiger partial charge on any atom is 0.144 e. The van der Waals surface area contributed by atoms with Crippen molar-refractivity contribution in [2.45, 2.75) is 51.2 Å². The van der Waals surface area contributed by atoms with E-state index in [1.807, 2.05) is 32.5 Å². The number of hydrogen-bond donors (Lipinski definition) is 0. The molecule has 4 nitrogen and oxygen atoms in total. The van der Waals surface area contributed by atoms with Crippen LogP contribution in [0.5, 0.6) is 0 Å². The molecule has 0 aliphatic heterocycles. The van der Waals surface area contributed by atoms with Crippen molar-refractivity contribution in [1.29, 1.82) is 0 Å². The van der Waals surface area contributed by atoms with Crippen molar-refractivity contribution in [1.82, 2.24) is 9.78 Å². The predicted octanol–water partition coefficient (Wildman–Crippen LogP) is 5.92. The summed E-state index contributed by atoms with van der Waals surface area (Å²) in [6.45, 7) is 5.96. The summed E-state index contributed by atoms with van der Waals surface area (Å²) < 4.78 is 32.3. The molecule has 1 fully saturated rings. The Labute approximate surface area is 197 Å². The van der Waals surface area contributed by atoms with Gasteiger partial charge in [0.1, 0.15) is 16.8 Å². The molecule has 0 saturated heterocycles. The summed E-state index contributed by atoms with van der Waals surface area (Å²) in [5.41, 5.74) is 7.79. The van der Waals surface area contributed by atoms with Gasteiger partial charge in [0, 0.05) is 30.2 Å². The molecular formula is C27H30FN3OS. The first-order valence-corrected chi connectivity index (χ1v) is 12.7. The minimum atomic E-state index is -1.21. The Kier molecular flexibility index (Phi) is 5.60. The molecule has 0 amide bonds. The highest BCUT2D eigenvalue weighted by Gasteiger charge is 2.37. The summed E-state index contributed by atoms with van der Waals surface area (Å²) in [6.07, 6.45) is 4.16. The minimum absolute atomic E-state index is 0.240. The highest BCUT2D eigenvalue weighted by atomic mass is 32.2. The molecule has 1 aromatic heterocycles. The van der Waals surface area contributed by atoms with Gasteiger partial charge in [-0.15, -0.1) is 0 Å². The Hall–Kier alpha value is -2.60. The molecule has 2 aliphatic rings. The number of rotatable bonds is 3. The zero-order valence-corrected chi connectivity index (χ0v) is 20.5. The zero-order chi connectivity index (χ0) is 23.3. The van der Waals surface area contributed by atoms with Crippen LogP contribution in [0.25, 0.3) is 22.5 Å². The minimum Gasteiger partial charge on any atom is -0.267 e. The molecule has 33 heavy (non-hydrogen) atoms. The van der Waals surface area contributed by atoms with Crippen LogP contribution in [0.15, 0.2) is 52.9 Å². The summed E-state index contributed by atoms with van der Waals surface area (Å²) in [7, 11) is 0.708. The number of fused-ring (bicyclic) bond motifs is 3. The van der Waals surface area contributed by atoms with Crippen molar-refractivity contribution in [3.05, 3.63) is 65.5 Å². The lowest BCUT2D eigenvalue weighted by Gasteiger charge is -2.17. The Morgan fingerprint density at radius 1 is 0.970 bits per heavy atom. The average molecular weight is 464 g/mol. The summed E-state index contributed by atoms with van der Waals surface area (Å²) in [5.74, 6) is 0.528. The monoisotopic (exact) mass is 463 g/mol. The molecule has 0 radical (unpaired) electrons. The molecule has 1 unspecified atom stereocenters. The third-order valence-corrected chi connectivity index (χ3v) is 8.29. The normalized spacial score (nSPS) is 22.3. The molecule has 3 atom stereocenters. The number of nitrogens with zero attached hydrogens (tertiary/aromatic N) is 3. The predicted molar refractivity (Wildman–Crippen MR) is 133 cm³/mol. The molecule has 2 aromatic carbocycles. The Morgan fingerprint density at radius 3 is 2.27 bits per heavy atom. The van der Waals surface area contributed by atoms with E-state index in [9.17, 15) is 8.60 Å². The fraction of sp³-hybridized carbons (Fsp3) is 0.407. The van der Waals surface area contributed by atoms with Gasteiger partial charge in [0.15, 0.2) is 0 Å². The topological polar surface area (TPSA) is 47.2 Å². The second kappa shape index (κ2) is 8.32. The smallest absolute Gasteiger partial charge is 0.144 e. The van der Waals surface area contributed by atoms with Crippen LogP contribution in [0.3, 0.4) is 0 Å². The lowest BCUT2D eigenvalue weighted by atomic mass is 9.91. The van der Waals surface area contributed by atoms with Gasteiger partial charge >= 0.3 is 0 Å². The number of benzene rings is 2. The Bertz CT molecular complexity index is 1250. The zero-order valence-electron chi connectivity index (χ0n) is 19.6. The molecule has 2 bridgehead atoms. The van der Waals surface area contributed by atoms with E-state index < -0.39 is 11.0 Å². The van der Waals surface area contributed by atoms with Crippen molar-refractivity contribution < 1.29 is 8.60 Å². The van der Waals surface area contributed by atoms with Gasteiger partial charge < -0.3 is 0 Å². The maximum atomic E-state index is 13.3. The van der Waals surface area contributed by atoms with Gasteiger partial charge in [0.05, 0.1) is 16.1 Å². The van der Waals surface area contributed by atoms with E-state index in [2.05, 4.69) is 24.3 Å². The quantitative estimate of drug-likeness (QED) is 0.484. The molecule has 5 rings (SSSR count). The van der Waals surface area contributed by atoms with Crippen LogP contribution in [-0.4, -0.2) is 24.4 Å². The maximum absolute atomic E-state index is 13.3. The van der Waals surface area contributed by atoms with E-state index in [1.165, 1.54) is 23.3 Å². The van der Waals surface area contributed by atoms with Crippen LogP contribution in [0.4, 0.5) is 4.39 Å². The van der Waals surface area contributed by atoms with E-state index in [0.717, 1.165) is 53.9 Å². The van der Waals surface area contributed by atoms with Crippen molar-refractivity contribution in [2.75, 3.05) is 0 Å². The fourth-order valence-electron chi connectivity index (χ4n) is 5.03. The van der Waals surface area contributed by atoms with Crippen molar-refractivity contribution in [2.24, 2.45) is 23.3 Å². The SMILES string of the molecule is Cn1nc(-c2ccc3c(c2)C[C@H]2CC[C@@H](C3)/C2=N/S(=O)C(C)(C)C)cc1-c1ccc(F)cc1. The highest BCUT2D eigenvalue weighted by molar-refractivity contribution is 7.85. The molecular weight excluding hydrogens is 433 g/mol. The molecule has 1 heterocycles. The van der Waals surface area contributed by atoms with Gasteiger partial charge in [0.25, 0.3) is 0 Å². The van der Waals surface area contributed by atoms with E-state index in [-0.39, 0.29) is 10.6 Å². The molecule has 1 saturated carbocycles. The van der Waals surface area contributed by atoms with Crippen LogP contribution < -0.4 is 0 Å². The van der Waals surface area contributed by atoms with Crippen LogP contribution >= 0.6 is 0 Å². The van der Waals surface area contributed by atoms with Gasteiger partial charge in [-0.2, -0.15) is 9.50 Å². The van der Waals surface area contributed by atoms with Crippen LogP contribution in [0.1, 0.15) is 44.7 Å². The molecule has 0 N–H and O–H groups in total. The highest BCUT2D eigenvalue weighted by Crippen LogP contribution is 2.40. The third kappa shape index (κ3) is 4.33. The molecule has 3 aromatic rings. The van der Waals surface area contributed by atoms with Crippen molar-refractivity contribution in [3.63, 3.8) is 0 Å². The van der Waals surface area contributed by atoms with Gasteiger partial charge in [-0.3, -0.25) is 4.68 Å². The van der Waals surface area contributed by atoms with Gasteiger partial charge in [0.2, 0.25) is 0 Å². The largest absolute Gasteiger partial charge is 0.267 e. The van der Waals surface area contributed by atoms with Gasteiger partial charge in [-0.1, -0.05) is 12.1 Å². The first-order chi connectivity index (χ1) is 15.7. The Balaban J connectivity index is 1.46. The van der Waals surface area contributed by atoms with Gasteiger partial charge in [-0.25, -0.2) is 8.60 Å². The van der Waals surface area contributed by atoms with Crippen molar-refractivity contribution >= 4 is 16.7 Å². The fourth-order valence-corrected chi connectivity index (χ4v) is 5.79. The second-order valence-electron chi connectivity index (χ2n) is 10.3. The first-order valence-electron chi connectivity index (χ1n) is 11.6. The number of halogens is 1. The molecule has 0 spiro atoms. The lowest BCUT2D eigenvalue weighted by molar-refractivity contribution is 0.594. The molecule has 6 heteroatoms. The average Bonchev–Trinajstić information content (AvgIpc) is 3.27. The van der Waals surface area contributed by atoms with E-state index in [0.29, 0.717) is 11.8 Å². The molecule has 172 valence electrons. The number of aryl methyl sites for hydroxylation is 1. The summed E-state index contributed by atoms with van der Waals surface area (Å²) in [5, 5.41) is 4.74. The summed E-state index contributed by atoms with van der Waals surface area (Å²) in [4.78, 5) is 0. The number of aromatic nitrogens is 2. The summed E-state index contributed by atoms with van der Waals surface area (Å²) in [6, 6.07) is 15.2. The Morgan fingerprint density at radius 2 is 1.61 bits per heavy atom. The van der Waals surface area contributed by atoms with Crippen LogP contribution in [-0.2, 0) is 30.9 Å².